The minimum atomic E-state index is -5.08. The van der Waals surface area contributed by atoms with Gasteiger partial charge in [0, 0.05) is 44.5 Å². The van der Waals surface area contributed by atoms with Gasteiger partial charge in [-0.3, -0.25) is 4.79 Å². The number of nitrogens with two attached hydrogens (primary N) is 1. The van der Waals surface area contributed by atoms with Gasteiger partial charge in [-0.05, 0) is 37.8 Å². The second kappa shape index (κ2) is 13.3. The first-order valence-electron chi connectivity index (χ1n) is 11.3. The van der Waals surface area contributed by atoms with Crippen molar-refractivity contribution >= 4 is 29.8 Å². The summed E-state index contributed by atoms with van der Waals surface area (Å²) in [6.07, 6.45) is -0.158. The van der Waals surface area contributed by atoms with E-state index in [4.69, 9.17) is 15.6 Å². The molecule has 15 heteroatoms. The van der Waals surface area contributed by atoms with E-state index < -0.39 is 24.1 Å². The minimum Gasteiger partial charge on any atom is -0.475 e. The zero-order valence-electron chi connectivity index (χ0n) is 19.5. The molecule has 12 nitrogen and oxygen atoms in total. The second-order valence-electron chi connectivity index (χ2n) is 8.26. The number of carboxylic acid groups (broad SMARTS) is 1. The Morgan fingerprint density at radius 2 is 1.56 bits per heavy atom. The van der Waals surface area contributed by atoms with Gasteiger partial charge < -0.3 is 36.6 Å². The van der Waals surface area contributed by atoms with Gasteiger partial charge in [-0.25, -0.2) is 19.4 Å². The summed E-state index contributed by atoms with van der Waals surface area (Å²) in [5.74, 6) is -2.36. The molecule has 36 heavy (non-hydrogen) atoms. The summed E-state index contributed by atoms with van der Waals surface area (Å²) in [6.45, 7) is 2.72. The van der Waals surface area contributed by atoms with Gasteiger partial charge >= 0.3 is 24.2 Å². The molecule has 0 atom stereocenters. The number of carbonyl (C=O) groups excluding carboxylic acids is 3. The fourth-order valence-corrected chi connectivity index (χ4v) is 3.69. The maximum absolute atomic E-state index is 12.6. The number of likely N-dealkylation sites (tertiary alicyclic amines) is 1. The lowest BCUT2D eigenvalue weighted by Gasteiger charge is -2.36. The van der Waals surface area contributed by atoms with E-state index >= 15 is 0 Å². The Bertz CT molecular complexity index is 888. The third kappa shape index (κ3) is 9.84. The molecule has 2 saturated heterocycles. The van der Waals surface area contributed by atoms with Crippen LogP contribution in [-0.2, 0) is 9.59 Å². The van der Waals surface area contributed by atoms with Crippen molar-refractivity contribution in [2.75, 3.05) is 37.6 Å². The molecule has 0 unspecified atom stereocenters. The number of halogens is 3. The molecular weight excluding hydrogens is 487 g/mol. The fraction of sp³-hybridized carbons (Fsp3) is 0.571. The van der Waals surface area contributed by atoms with E-state index in [-0.39, 0.29) is 24.7 Å². The zero-order chi connectivity index (χ0) is 26.7. The number of urea groups is 2. The van der Waals surface area contributed by atoms with Crippen molar-refractivity contribution in [1.82, 2.24) is 25.8 Å². The van der Waals surface area contributed by atoms with Gasteiger partial charge in [0.1, 0.15) is 5.82 Å². The number of hydrogen-bond donors (Lipinski definition) is 5. The first-order chi connectivity index (χ1) is 17.0. The predicted octanol–water partition coefficient (Wildman–Crippen LogP) is 0.642. The molecule has 200 valence electrons. The summed E-state index contributed by atoms with van der Waals surface area (Å²) in [6, 6.07) is 5.58. The maximum atomic E-state index is 12.6. The molecule has 0 saturated carbocycles. The Balaban J connectivity index is 0.000000572. The van der Waals surface area contributed by atoms with E-state index in [1.54, 1.807) is 11.1 Å². The molecule has 6 N–H and O–H groups in total. The number of pyridine rings is 1. The van der Waals surface area contributed by atoms with Gasteiger partial charge in [-0.1, -0.05) is 6.07 Å². The first kappa shape index (κ1) is 28.5. The lowest BCUT2D eigenvalue weighted by atomic mass is 10.0. The maximum Gasteiger partial charge on any atom is 0.490 e. The first-order valence-corrected chi connectivity index (χ1v) is 11.3. The number of primary amides is 1. The van der Waals surface area contributed by atoms with Gasteiger partial charge in [0.25, 0.3) is 0 Å². The number of alkyl halides is 3. The van der Waals surface area contributed by atoms with Gasteiger partial charge in [-0.15, -0.1) is 0 Å². The highest BCUT2D eigenvalue weighted by atomic mass is 19.4. The SMILES string of the molecule is NC(=O)CNC(=O)NC1CCN(C(=O)NC2CCN(c3ccccn3)CC2)CC1.O=C(O)C(F)(F)F. The number of anilines is 1. The number of nitrogens with one attached hydrogen (secondary N) is 3. The third-order valence-corrected chi connectivity index (χ3v) is 5.58. The topological polar surface area (TPSA) is 170 Å². The smallest absolute Gasteiger partial charge is 0.475 e. The molecule has 5 amide bonds. The van der Waals surface area contributed by atoms with E-state index in [9.17, 15) is 27.6 Å². The molecule has 1 aromatic heterocycles. The van der Waals surface area contributed by atoms with Crippen molar-refractivity contribution in [3.05, 3.63) is 24.4 Å². The number of aliphatic carboxylic acids is 1. The highest BCUT2D eigenvalue weighted by molar-refractivity contribution is 5.82. The molecule has 3 heterocycles. The van der Waals surface area contributed by atoms with Crippen LogP contribution in [0.1, 0.15) is 25.7 Å². The van der Waals surface area contributed by atoms with Gasteiger partial charge in [-0.2, -0.15) is 13.2 Å². The number of hydrogen-bond acceptors (Lipinski definition) is 6. The molecule has 2 aliphatic rings. The Hall–Kier alpha value is -3.78. The molecule has 1 aromatic rings. The van der Waals surface area contributed by atoms with Crippen LogP contribution in [0.3, 0.4) is 0 Å². The van der Waals surface area contributed by atoms with Crippen LogP contribution in [-0.4, -0.2) is 89.9 Å². The molecule has 0 aromatic carbocycles. The molecule has 2 fully saturated rings. The highest BCUT2D eigenvalue weighted by Crippen LogP contribution is 2.18. The second-order valence-corrected chi connectivity index (χ2v) is 8.26. The quantitative estimate of drug-likeness (QED) is 0.382. The minimum absolute atomic E-state index is 0.0199. The molecular formula is C21H30F3N7O5. The van der Waals surface area contributed by atoms with Crippen LogP contribution in [0.4, 0.5) is 28.6 Å². The molecule has 3 rings (SSSR count). The monoisotopic (exact) mass is 517 g/mol. The number of carbonyl (C=O) groups is 4. The lowest BCUT2D eigenvalue weighted by Crippen LogP contribution is -2.54. The van der Waals surface area contributed by atoms with Crippen molar-refractivity contribution in [3.8, 4) is 0 Å². The Morgan fingerprint density at radius 3 is 2.06 bits per heavy atom. The van der Waals surface area contributed by atoms with Crippen molar-refractivity contribution in [2.24, 2.45) is 5.73 Å². The normalized spacial score (nSPS) is 16.9. The average molecular weight is 518 g/mol. The number of amides is 5. The Morgan fingerprint density at radius 1 is 1.00 bits per heavy atom. The Labute approximate surface area is 205 Å². The lowest BCUT2D eigenvalue weighted by molar-refractivity contribution is -0.192. The predicted molar refractivity (Wildman–Crippen MR) is 122 cm³/mol. The summed E-state index contributed by atoms with van der Waals surface area (Å²) in [5, 5.41) is 15.5. The average Bonchev–Trinajstić information content (AvgIpc) is 2.84. The number of piperidine rings is 2. The van der Waals surface area contributed by atoms with Crippen LogP contribution in [0.2, 0.25) is 0 Å². The van der Waals surface area contributed by atoms with E-state index in [0.717, 1.165) is 31.7 Å². The van der Waals surface area contributed by atoms with E-state index in [1.165, 1.54) is 0 Å². The molecule has 0 bridgehead atoms. The van der Waals surface area contributed by atoms with Crippen LogP contribution in [0.25, 0.3) is 0 Å². The summed E-state index contributed by atoms with van der Waals surface area (Å²) in [4.78, 5) is 52.3. The summed E-state index contributed by atoms with van der Waals surface area (Å²) >= 11 is 0. The summed E-state index contributed by atoms with van der Waals surface area (Å²) < 4.78 is 31.7. The van der Waals surface area contributed by atoms with Crippen molar-refractivity contribution in [2.45, 2.75) is 43.9 Å². The molecule has 0 spiro atoms. The highest BCUT2D eigenvalue weighted by Gasteiger charge is 2.38. The van der Waals surface area contributed by atoms with Crippen LogP contribution < -0.4 is 26.6 Å². The van der Waals surface area contributed by atoms with Gasteiger partial charge in [0.05, 0.1) is 6.54 Å². The zero-order valence-corrected chi connectivity index (χ0v) is 19.5. The number of nitrogens with zero attached hydrogens (tertiary/aromatic N) is 3. The summed E-state index contributed by atoms with van der Waals surface area (Å²) in [5.41, 5.74) is 5.00. The van der Waals surface area contributed by atoms with Crippen LogP contribution in [0, 0.1) is 0 Å². The number of carboxylic acids is 1. The van der Waals surface area contributed by atoms with Crippen LogP contribution >= 0.6 is 0 Å². The largest absolute Gasteiger partial charge is 0.490 e. The van der Waals surface area contributed by atoms with E-state index in [0.29, 0.717) is 25.9 Å². The van der Waals surface area contributed by atoms with Crippen LogP contribution in [0.5, 0.6) is 0 Å². The van der Waals surface area contributed by atoms with E-state index in [1.807, 2.05) is 18.2 Å². The van der Waals surface area contributed by atoms with Crippen LogP contribution in [0.15, 0.2) is 24.4 Å². The fourth-order valence-electron chi connectivity index (χ4n) is 3.69. The molecule has 0 radical (unpaired) electrons. The van der Waals surface area contributed by atoms with Crippen molar-refractivity contribution in [3.63, 3.8) is 0 Å². The van der Waals surface area contributed by atoms with Gasteiger partial charge in [0.2, 0.25) is 5.91 Å². The van der Waals surface area contributed by atoms with E-state index in [2.05, 4.69) is 25.8 Å². The van der Waals surface area contributed by atoms with Crippen molar-refractivity contribution in [1.29, 1.82) is 0 Å². The number of aromatic nitrogens is 1. The number of rotatable bonds is 5. The third-order valence-electron chi connectivity index (χ3n) is 5.58. The molecule has 0 aliphatic carbocycles. The summed E-state index contributed by atoms with van der Waals surface area (Å²) in [7, 11) is 0. The Kier molecular flexibility index (Phi) is 10.5. The standard InChI is InChI=1S/C19H29N7O3.C2HF3O2/c20-16(27)13-22-18(28)23-14-6-11-26(12-7-14)19(29)24-15-4-9-25(10-5-15)17-3-1-2-8-21-17;3-2(4,5)1(6)7/h1-3,8,14-15H,4-7,9-13H2,(H2,20,27)(H,24,29)(H2,22,23,28);(H,6,7). The van der Waals surface area contributed by atoms with Gasteiger partial charge in [0.15, 0.2) is 0 Å². The van der Waals surface area contributed by atoms with Crippen molar-refractivity contribution < 1.29 is 37.5 Å². The molecule has 2 aliphatic heterocycles.